The van der Waals surface area contributed by atoms with Crippen LogP contribution in [0.25, 0.3) is 0 Å². The van der Waals surface area contributed by atoms with Gasteiger partial charge >= 0.3 is 6.04 Å². The molecule has 0 aromatic carbocycles. The highest BCUT2D eigenvalue weighted by Crippen LogP contribution is 1.88. The molecule has 0 rings (SSSR count). The van der Waals surface area contributed by atoms with Gasteiger partial charge < -0.3 is 0 Å². The predicted octanol–water partition coefficient (Wildman–Crippen LogP) is 1.31. The van der Waals surface area contributed by atoms with Crippen molar-refractivity contribution >= 4 is 28.6 Å². The van der Waals surface area contributed by atoms with Gasteiger partial charge in [0.1, 0.15) is 0 Å². The second kappa shape index (κ2) is 3.52. The molecule has 3 heteroatoms. The first-order chi connectivity index (χ1) is 2.77. The van der Waals surface area contributed by atoms with Crippen LogP contribution >= 0.6 is 22.6 Å². The Balaban J connectivity index is 2.83. The van der Waals surface area contributed by atoms with Gasteiger partial charge in [-0.1, -0.05) is 22.6 Å². The van der Waals surface area contributed by atoms with E-state index < -0.39 is 6.04 Å². The molecule has 0 aliphatic rings. The van der Waals surface area contributed by atoms with Crippen LogP contribution in [0.3, 0.4) is 0 Å². The lowest BCUT2D eigenvalue weighted by Crippen LogP contribution is -1.84. The van der Waals surface area contributed by atoms with E-state index in [1.807, 2.05) is 22.6 Å². The summed E-state index contributed by atoms with van der Waals surface area (Å²) in [5.41, 5.74) is 0. The minimum Gasteiger partial charge on any atom is -0.261 e. The summed E-state index contributed by atoms with van der Waals surface area (Å²) < 4.78 is 11.6. The molecule has 6 heavy (non-hydrogen) atoms. The fraction of sp³-hybridized carbons (Fsp3) is 0.667. The number of hydrogen-bond donors (Lipinski definition) is 0. The van der Waals surface area contributed by atoms with Crippen LogP contribution in [0.1, 0.15) is 6.42 Å². The third-order valence-corrected chi connectivity index (χ3v) is 0.830. The van der Waals surface area contributed by atoms with E-state index >= 15 is 0 Å². The Morgan fingerprint density at radius 3 is 2.33 bits per heavy atom. The second-order valence-corrected chi connectivity index (χ2v) is 1.87. The van der Waals surface area contributed by atoms with Crippen LogP contribution in [0.4, 0.5) is 4.39 Å². The molecular weight excluding hydrogens is 198 g/mol. The van der Waals surface area contributed by atoms with Gasteiger partial charge in [0.25, 0.3) is 0 Å². The van der Waals surface area contributed by atoms with Crippen molar-refractivity contribution < 1.29 is 9.18 Å². The summed E-state index contributed by atoms with van der Waals surface area (Å²) in [6.07, 6.45) is 0.0561. The summed E-state index contributed by atoms with van der Waals surface area (Å²) in [4.78, 5) is 9.37. The first kappa shape index (κ1) is 6.33. The fourth-order valence-corrected chi connectivity index (χ4v) is 0.498. The zero-order valence-electron chi connectivity index (χ0n) is 3.08. The summed E-state index contributed by atoms with van der Waals surface area (Å²) in [5.74, 6) is 0. The van der Waals surface area contributed by atoms with Crippen LogP contribution in [0.5, 0.6) is 0 Å². The van der Waals surface area contributed by atoms with Crippen molar-refractivity contribution in [2.75, 3.05) is 4.43 Å². The molecule has 0 radical (unpaired) electrons. The first-order valence-corrected chi connectivity index (χ1v) is 3.04. The van der Waals surface area contributed by atoms with Gasteiger partial charge in [0.15, 0.2) is 0 Å². The van der Waals surface area contributed by atoms with Gasteiger partial charge in [0.2, 0.25) is 0 Å². The summed E-state index contributed by atoms with van der Waals surface area (Å²) in [5, 5.41) is 0. The molecule has 0 atom stereocenters. The number of hydrogen-bond acceptors (Lipinski definition) is 1. The molecule has 0 saturated carbocycles. The number of alkyl halides is 1. The topological polar surface area (TPSA) is 17.1 Å². The van der Waals surface area contributed by atoms with Crippen LogP contribution in [-0.2, 0) is 4.79 Å². The van der Waals surface area contributed by atoms with Crippen LogP contribution in [0.15, 0.2) is 0 Å². The molecule has 0 aliphatic carbocycles. The Labute approximate surface area is 49.1 Å². The standard InChI is InChI=1S/C3H4FIO/c4-3(6)1-2-5/h1-2H2. The van der Waals surface area contributed by atoms with Gasteiger partial charge in [0.05, 0.1) is 0 Å². The van der Waals surface area contributed by atoms with Crippen molar-refractivity contribution in [3.8, 4) is 0 Å². The van der Waals surface area contributed by atoms with Crippen LogP contribution < -0.4 is 0 Å². The third-order valence-electron chi connectivity index (χ3n) is 0.291. The predicted molar refractivity (Wildman–Crippen MR) is 29.6 cm³/mol. The van der Waals surface area contributed by atoms with E-state index in [-0.39, 0.29) is 6.42 Å². The van der Waals surface area contributed by atoms with E-state index in [1.54, 1.807) is 0 Å². The van der Waals surface area contributed by atoms with Gasteiger partial charge in [0, 0.05) is 10.8 Å². The quantitative estimate of drug-likeness (QED) is 0.374. The Morgan fingerprint density at radius 1 is 1.83 bits per heavy atom. The molecule has 0 aliphatic heterocycles. The van der Waals surface area contributed by atoms with Gasteiger partial charge in [-0.05, 0) is 0 Å². The van der Waals surface area contributed by atoms with Gasteiger partial charge in [-0.25, -0.2) is 0 Å². The lowest BCUT2D eigenvalue weighted by molar-refractivity contribution is -0.128. The van der Waals surface area contributed by atoms with Crippen molar-refractivity contribution in [2.24, 2.45) is 0 Å². The normalized spacial score (nSPS) is 8.33. The van der Waals surface area contributed by atoms with Crippen molar-refractivity contribution in [2.45, 2.75) is 6.42 Å². The largest absolute Gasteiger partial charge is 0.302 e. The number of halogens is 2. The highest BCUT2D eigenvalue weighted by atomic mass is 127. The minimum absolute atomic E-state index is 0.0561. The van der Waals surface area contributed by atoms with E-state index in [1.165, 1.54) is 0 Å². The number of carbonyl (C=O) groups excluding carboxylic acids is 1. The van der Waals surface area contributed by atoms with Gasteiger partial charge in [-0.3, -0.25) is 4.79 Å². The molecule has 0 fully saturated rings. The van der Waals surface area contributed by atoms with E-state index in [0.29, 0.717) is 4.43 Å². The molecule has 0 spiro atoms. The highest BCUT2D eigenvalue weighted by Gasteiger charge is 1.90. The Bertz CT molecular complexity index is 54.8. The summed E-state index contributed by atoms with van der Waals surface area (Å²) in [6, 6.07) is -1.22. The molecule has 0 saturated heterocycles. The molecule has 0 unspecified atom stereocenters. The fourth-order valence-electron chi connectivity index (χ4n) is 0.0743. The molecule has 0 bridgehead atoms. The highest BCUT2D eigenvalue weighted by molar-refractivity contribution is 14.1. The molecule has 0 aromatic rings. The Morgan fingerprint density at radius 2 is 2.33 bits per heavy atom. The molecule has 0 amide bonds. The van der Waals surface area contributed by atoms with Crippen molar-refractivity contribution in [1.82, 2.24) is 0 Å². The van der Waals surface area contributed by atoms with Crippen molar-refractivity contribution in [1.29, 1.82) is 0 Å². The maximum Gasteiger partial charge on any atom is 0.302 e. The zero-order valence-corrected chi connectivity index (χ0v) is 5.24. The number of rotatable bonds is 2. The summed E-state index contributed by atoms with van der Waals surface area (Å²) >= 11 is 1.94. The zero-order chi connectivity index (χ0) is 4.99. The Kier molecular flexibility index (Phi) is 3.71. The van der Waals surface area contributed by atoms with Crippen LogP contribution in [0.2, 0.25) is 0 Å². The van der Waals surface area contributed by atoms with Crippen molar-refractivity contribution in [3.63, 3.8) is 0 Å². The molecule has 0 N–H and O–H groups in total. The van der Waals surface area contributed by atoms with E-state index in [0.717, 1.165) is 0 Å². The monoisotopic (exact) mass is 202 g/mol. The van der Waals surface area contributed by atoms with Crippen LogP contribution in [0, 0.1) is 0 Å². The maximum atomic E-state index is 11.1. The molecule has 0 aromatic heterocycles. The van der Waals surface area contributed by atoms with Crippen molar-refractivity contribution in [3.05, 3.63) is 0 Å². The molecule has 1 nitrogen and oxygen atoms in total. The lowest BCUT2D eigenvalue weighted by Gasteiger charge is -1.75. The summed E-state index contributed by atoms with van der Waals surface area (Å²) in [6.45, 7) is 0. The van der Waals surface area contributed by atoms with Gasteiger partial charge in [-0.2, -0.15) is 4.39 Å². The van der Waals surface area contributed by atoms with Crippen LogP contribution in [-0.4, -0.2) is 10.5 Å². The molecular formula is C3H4FIO. The first-order valence-electron chi connectivity index (χ1n) is 1.51. The minimum atomic E-state index is -1.22. The average molecular weight is 202 g/mol. The molecule has 36 valence electrons. The lowest BCUT2D eigenvalue weighted by atomic mass is 10.5. The van der Waals surface area contributed by atoms with E-state index in [9.17, 15) is 9.18 Å². The second-order valence-electron chi connectivity index (χ2n) is 0.794. The third kappa shape index (κ3) is 4.33. The van der Waals surface area contributed by atoms with Gasteiger partial charge in [-0.15, -0.1) is 0 Å². The molecule has 0 heterocycles. The smallest absolute Gasteiger partial charge is 0.261 e. The maximum absolute atomic E-state index is 11.1. The number of carbonyl (C=O) groups is 1. The van der Waals surface area contributed by atoms with E-state index in [2.05, 4.69) is 0 Å². The van der Waals surface area contributed by atoms with E-state index in [4.69, 9.17) is 0 Å². The Hall–Kier alpha value is 0.330. The SMILES string of the molecule is O=C(F)CCI. The summed E-state index contributed by atoms with van der Waals surface area (Å²) in [7, 11) is 0. The average Bonchev–Trinajstić information content (AvgIpc) is 1.35.